The van der Waals surface area contributed by atoms with Crippen molar-refractivity contribution in [3.8, 4) is 0 Å². The van der Waals surface area contributed by atoms with Gasteiger partial charge in [-0.3, -0.25) is 0 Å². The molecular weight excluding hydrogens is 444 g/mol. The average Bonchev–Trinajstić information content (AvgIpc) is 3.18. The third-order valence-electron chi connectivity index (χ3n) is 5.33. The number of anilines is 1. The Morgan fingerprint density at radius 3 is 2.55 bits per heavy atom. The predicted octanol–water partition coefficient (Wildman–Crippen LogP) is 2.65. The van der Waals surface area contributed by atoms with Gasteiger partial charge in [0.1, 0.15) is 17.7 Å². The second-order valence-corrected chi connectivity index (χ2v) is 10.9. The zero-order valence-electron chi connectivity index (χ0n) is 19.2. The van der Waals surface area contributed by atoms with Gasteiger partial charge in [0.15, 0.2) is 5.65 Å². The summed E-state index contributed by atoms with van der Waals surface area (Å²) in [5, 5.41) is 4.68. The zero-order chi connectivity index (χ0) is 23.8. The van der Waals surface area contributed by atoms with Crippen LogP contribution in [-0.4, -0.2) is 69.8 Å². The fourth-order valence-electron chi connectivity index (χ4n) is 3.85. The van der Waals surface area contributed by atoms with Crippen LogP contribution in [-0.2, 0) is 20.5 Å². The van der Waals surface area contributed by atoms with Gasteiger partial charge in [-0.05, 0) is 33.3 Å². The molecule has 10 nitrogen and oxygen atoms in total. The van der Waals surface area contributed by atoms with E-state index < -0.39 is 15.6 Å². The second-order valence-electron chi connectivity index (χ2n) is 9.13. The number of hydrogen-bond donors (Lipinski definition) is 0. The van der Waals surface area contributed by atoms with E-state index in [9.17, 15) is 13.2 Å². The Kier molecular flexibility index (Phi) is 6.00. The van der Waals surface area contributed by atoms with Crippen LogP contribution in [0.2, 0.25) is 0 Å². The molecule has 33 heavy (non-hydrogen) atoms. The van der Waals surface area contributed by atoms with Gasteiger partial charge in [-0.1, -0.05) is 30.3 Å². The first-order valence-electron chi connectivity index (χ1n) is 10.8. The average molecular weight is 473 g/mol. The van der Waals surface area contributed by atoms with Crippen LogP contribution in [0.4, 0.5) is 10.6 Å². The van der Waals surface area contributed by atoms with Gasteiger partial charge in [0, 0.05) is 25.7 Å². The summed E-state index contributed by atoms with van der Waals surface area (Å²) in [5.74, 6) is 0.409. The molecule has 0 saturated carbocycles. The molecule has 11 heteroatoms. The van der Waals surface area contributed by atoms with Crippen LogP contribution in [0.5, 0.6) is 0 Å². The van der Waals surface area contributed by atoms with Crippen LogP contribution in [0.15, 0.2) is 42.9 Å². The molecule has 4 rings (SSSR count). The highest BCUT2D eigenvalue weighted by Crippen LogP contribution is 2.27. The van der Waals surface area contributed by atoms with Crippen molar-refractivity contribution in [1.29, 1.82) is 0 Å². The molecule has 3 heterocycles. The molecule has 1 amide bonds. The number of rotatable bonds is 4. The van der Waals surface area contributed by atoms with Gasteiger partial charge in [0.25, 0.3) is 10.0 Å². The number of amides is 1. The van der Waals surface area contributed by atoms with Crippen molar-refractivity contribution >= 4 is 33.0 Å². The standard InChI is InChI=1S/C22H28N6O4S/c1-16-13-26(10-11-27(16)21(29)32-22(2,3)4)19-18-12-25-28(20(18)24-15-23-19)33(30,31)14-17-8-6-5-7-9-17/h5-9,12,15-16H,10-11,13-14H2,1-4H3. The summed E-state index contributed by atoms with van der Waals surface area (Å²) in [4.78, 5) is 24.9. The van der Waals surface area contributed by atoms with E-state index in [2.05, 4.69) is 15.1 Å². The zero-order valence-corrected chi connectivity index (χ0v) is 20.0. The van der Waals surface area contributed by atoms with Gasteiger partial charge in [-0.2, -0.15) is 5.10 Å². The number of aromatic nitrogens is 4. The number of carbonyl (C=O) groups excluding carboxylic acids is 1. The number of hydrogen-bond acceptors (Lipinski definition) is 8. The maximum atomic E-state index is 13.0. The first-order valence-corrected chi connectivity index (χ1v) is 12.4. The van der Waals surface area contributed by atoms with Gasteiger partial charge in [0.05, 0.1) is 17.3 Å². The Hall–Kier alpha value is -3.21. The molecule has 0 spiro atoms. The smallest absolute Gasteiger partial charge is 0.410 e. The Bertz CT molecular complexity index is 1250. The Balaban J connectivity index is 1.57. The molecular formula is C22H28N6O4S. The molecule has 1 unspecified atom stereocenters. The molecule has 1 fully saturated rings. The lowest BCUT2D eigenvalue weighted by Crippen LogP contribution is -2.55. The summed E-state index contributed by atoms with van der Waals surface area (Å²) in [6, 6.07) is 8.83. The fourth-order valence-corrected chi connectivity index (χ4v) is 5.19. The predicted molar refractivity (Wildman–Crippen MR) is 124 cm³/mol. The summed E-state index contributed by atoms with van der Waals surface area (Å²) in [5.41, 5.74) is 0.340. The number of benzene rings is 1. The number of piperazine rings is 1. The van der Waals surface area contributed by atoms with Gasteiger partial charge in [-0.25, -0.2) is 23.2 Å². The van der Waals surface area contributed by atoms with Crippen LogP contribution in [0.1, 0.15) is 33.3 Å². The van der Waals surface area contributed by atoms with E-state index in [4.69, 9.17) is 4.74 Å². The molecule has 1 saturated heterocycles. The van der Waals surface area contributed by atoms with Gasteiger partial charge < -0.3 is 14.5 Å². The summed E-state index contributed by atoms with van der Waals surface area (Å²) in [6.45, 7) is 8.97. The van der Waals surface area contributed by atoms with Crippen molar-refractivity contribution in [1.82, 2.24) is 24.1 Å². The summed E-state index contributed by atoms with van der Waals surface area (Å²) >= 11 is 0. The van der Waals surface area contributed by atoms with Gasteiger partial charge >= 0.3 is 6.09 Å². The van der Waals surface area contributed by atoms with Crippen LogP contribution >= 0.6 is 0 Å². The molecule has 0 bridgehead atoms. The molecule has 0 aliphatic carbocycles. The third kappa shape index (κ3) is 4.92. The van der Waals surface area contributed by atoms with Gasteiger partial charge in [0.2, 0.25) is 0 Å². The molecule has 1 aromatic carbocycles. The molecule has 0 N–H and O–H groups in total. The minimum Gasteiger partial charge on any atom is -0.444 e. The maximum Gasteiger partial charge on any atom is 0.410 e. The summed E-state index contributed by atoms with van der Waals surface area (Å²) < 4.78 is 32.5. The van der Waals surface area contributed by atoms with Gasteiger partial charge in [-0.15, -0.1) is 4.09 Å². The topological polar surface area (TPSA) is 111 Å². The lowest BCUT2D eigenvalue weighted by atomic mass is 10.2. The molecule has 3 aromatic rings. The third-order valence-corrected chi connectivity index (χ3v) is 6.82. The normalized spacial score (nSPS) is 17.4. The second kappa shape index (κ2) is 8.62. The molecule has 2 aromatic heterocycles. The van der Waals surface area contributed by atoms with Crippen molar-refractivity contribution in [3.63, 3.8) is 0 Å². The number of nitrogens with zero attached hydrogens (tertiary/aromatic N) is 6. The SMILES string of the molecule is CC1CN(c2ncnc3c2cnn3S(=O)(=O)Cc2ccccc2)CCN1C(=O)OC(C)(C)C. The number of ether oxygens (including phenoxy) is 1. The van der Waals surface area contributed by atoms with Crippen LogP contribution in [0, 0.1) is 0 Å². The number of fused-ring (bicyclic) bond motifs is 1. The lowest BCUT2D eigenvalue weighted by Gasteiger charge is -2.40. The van der Waals surface area contributed by atoms with Crippen molar-refractivity contribution in [3.05, 3.63) is 48.4 Å². The van der Waals surface area contributed by atoms with E-state index in [1.54, 1.807) is 29.2 Å². The van der Waals surface area contributed by atoms with E-state index in [1.807, 2.05) is 38.7 Å². The fraction of sp³-hybridized carbons (Fsp3) is 0.455. The van der Waals surface area contributed by atoms with E-state index in [1.165, 1.54) is 12.5 Å². The lowest BCUT2D eigenvalue weighted by molar-refractivity contribution is 0.0158. The van der Waals surface area contributed by atoms with Crippen molar-refractivity contribution in [2.75, 3.05) is 24.5 Å². The summed E-state index contributed by atoms with van der Waals surface area (Å²) in [6.07, 6.45) is 2.49. The largest absolute Gasteiger partial charge is 0.444 e. The molecule has 0 radical (unpaired) electrons. The molecule has 1 aliphatic heterocycles. The van der Waals surface area contributed by atoms with Crippen LogP contribution in [0.25, 0.3) is 11.0 Å². The Morgan fingerprint density at radius 1 is 1.15 bits per heavy atom. The van der Waals surface area contributed by atoms with Crippen LogP contribution in [0.3, 0.4) is 0 Å². The van der Waals surface area contributed by atoms with Crippen molar-refractivity contribution < 1.29 is 17.9 Å². The minimum atomic E-state index is -3.76. The molecule has 1 aliphatic rings. The maximum absolute atomic E-state index is 13.0. The van der Waals surface area contributed by atoms with E-state index in [0.717, 1.165) is 4.09 Å². The van der Waals surface area contributed by atoms with E-state index in [0.29, 0.717) is 36.4 Å². The first kappa shape index (κ1) is 23.0. The van der Waals surface area contributed by atoms with E-state index >= 15 is 0 Å². The molecule has 1 atom stereocenters. The Labute approximate surface area is 193 Å². The van der Waals surface area contributed by atoms with Crippen molar-refractivity contribution in [2.24, 2.45) is 0 Å². The quantitative estimate of drug-likeness (QED) is 0.570. The minimum absolute atomic E-state index is 0.115. The Morgan fingerprint density at radius 2 is 1.88 bits per heavy atom. The summed E-state index contributed by atoms with van der Waals surface area (Å²) in [7, 11) is -3.76. The van der Waals surface area contributed by atoms with Crippen molar-refractivity contribution in [2.45, 2.75) is 45.1 Å². The first-order chi connectivity index (χ1) is 15.5. The highest BCUT2D eigenvalue weighted by molar-refractivity contribution is 7.89. The highest BCUT2D eigenvalue weighted by Gasteiger charge is 2.32. The number of carbonyl (C=O) groups is 1. The molecule has 176 valence electrons. The van der Waals surface area contributed by atoms with Crippen LogP contribution < -0.4 is 4.90 Å². The highest BCUT2D eigenvalue weighted by atomic mass is 32.2. The monoisotopic (exact) mass is 472 g/mol. The van der Waals surface area contributed by atoms with E-state index in [-0.39, 0.29) is 23.5 Å².